The van der Waals surface area contributed by atoms with E-state index >= 15 is 0 Å². The van der Waals surface area contributed by atoms with Crippen molar-refractivity contribution in [2.45, 2.75) is 19.1 Å². The number of likely N-dealkylation sites (tertiary alicyclic amines) is 1. The highest BCUT2D eigenvalue weighted by molar-refractivity contribution is 6.08. The summed E-state index contributed by atoms with van der Waals surface area (Å²) in [5, 5.41) is 0. The molecule has 1 heterocycles. The Kier molecular flexibility index (Phi) is 4.32. The fourth-order valence-corrected chi connectivity index (χ4v) is 4.58. The Morgan fingerprint density at radius 3 is 2.32 bits per heavy atom. The smallest absolute Gasteiger partial charge is 0.340 e. The van der Waals surface area contributed by atoms with Gasteiger partial charge in [0, 0.05) is 13.6 Å². The first-order valence-corrected chi connectivity index (χ1v) is 9.10. The minimum Gasteiger partial charge on any atom is -0.340 e. The van der Waals surface area contributed by atoms with Gasteiger partial charge in [-0.05, 0) is 36.0 Å². The van der Waals surface area contributed by atoms with Crippen LogP contribution in [0.1, 0.15) is 17.5 Å². The summed E-state index contributed by atoms with van der Waals surface area (Å²) in [5.41, 5.74) is -0.463. The minimum absolute atomic E-state index is 0.0430. The number of amides is 3. The van der Waals surface area contributed by atoms with Gasteiger partial charge in [0.2, 0.25) is 17.7 Å². The van der Waals surface area contributed by atoms with Gasteiger partial charge in [-0.2, -0.15) is 13.2 Å². The van der Waals surface area contributed by atoms with Crippen LogP contribution in [0.3, 0.4) is 0 Å². The molecule has 0 unspecified atom stereocenters. The first kappa shape index (κ1) is 18.7. The predicted octanol–water partition coefficient (Wildman–Crippen LogP) is 2.47. The first-order valence-electron chi connectivity index (χ1n) is 9.10. The normalized spacial score (nSPS) is 28.2. The predicted molar refractivity (Wildman–Crippen MR) is 92.4 cm³/mol. The molecule has 3 amide bonds. The number of benzene rings is 1. The number of nitrogens with zero attached hydrogens (tertiary/aromatic N) is 2. The molecule has 1 aromatic carbocycles. The highest BCUT2D eigenvalue weighted by Crippen LogP contribution is 2.52. The molecule has 1 aromatic rings. The largest absolute Gasteiger partial charge is 0.416 e. The van der Waals surface area contributed by atoms with Crippen molar-refractivity contribution in [3.63, 3.8) is 0 Å². The number of carbonyl (C=O) groups excluding carboxylic acids is 3. The number of rotatable bonds is 4. The van der Waals surface area contributed by atoms with Gasteiger partial charge in [0.15, 0.2) is 0 Å². The van der Waals surface area contributed by atoms with E-state index in [1.807, 2.05) is 12.2 Å². The van der Waals surface area contributed by atoms with Crippen LogP contribution >= 0.6 is 0 Å². The van der Waals surface area contributed by atoms with E-state index in [2.05, 4.69) is 0 Å². The van der Waals surface area contributed by atoms with Crippen molar-refractivity contribution in [3.8, 4) is 0 Å². The van der Waals surface area contributed by atoms with Crippen LogP contribution in [-0.4, -0.2) is 41.1 Å². The Balaban J connectivity index is 1.42. The maximum atomic E-state index is 12.8. The first-order chi connectivity index (χ1) is 13.2. The number of carbonyl (C=O) groups is 3. The molecule has 0 N–H and O–H groups in total. The number of likely N-dealkylation sites (N-methyl/N-ethyl adjacent to an activating group) is 1. The fraction of sp³-hybridized carbons (Fsp3) is 0.450. The van der Waals surface area contributed by atoms with Gasteiger partial charge in [0.25, 0.3) is 0 Å². The molecule has 4 rings (SSSR count). The number of alkyl halides is 3. The van der Waals surface area contributed by atoms with Gasteiger partial charge in [0.1, 0.15) is 6.54 Å². The van der Waals surface area contributed by atoms with Crippen LogP contribution < -0.4 is 0 Å². The van der Waals surface area contributed by atoms with Crippen molar-refractivity contribution in [1.29, 1.82) is 0 Å². The molecule has 148 valence electrons. The molecule has 1 aliphatic heterocycles. The molecule has 2 aliphatic carbocycles. The van der Waals surface area contributed by atoms with Crippen LogP contribution in [0.5, 0.6) is 0 Å². The van der Waals surface area contributed by atoms with Crippen molar-refractivity contribution in [3.05, 3.63) is 47.5 Å². The van der Waals surface area contributed by atoms with E-state index in [0.29, 0.717) is 5.56 Å². The Morgan fingerprint density at radius 2 is 1.75 bits per heavy atom. The lowest BCUT2D eigenvalue weighted by atomic mass is 9.85. The van der Waals surface area contributed by atoms with Gasteiger partial charge >= 0.3 is 6.18 Å². The number of halogens is 3. The van der Waals surface area contributed by atoms with Crippen LogP contribution in [0.2, 0.25) is 0 Å². The Labute approximate surface area is 159 Å². The van der Waals surface area contributed by atoms with Crippen LogP contribution in [0.25, 0.3) is 0 Å². The zero-order valence-electron chi connectivity index (χ0n) is 15.1. The standard InChI is InChI=1S/C20H19F3N2O3/c1-24(9-11-3-2-4-14(7-11)20(21,22)23)15(26)10-25-18(27)16-12-5-6-13(8-12)17(16)19(25)28/h2-7,12-13,16-17H,8-10H2,1H3/t12-,13-,16-,17-/m0/s1. The summed E-state index contributed by atoms with van der Waals surface area (Å²) >= 11 is 0. The maximum Gasteiger partial charge on any atom is 0.416 e. The Bertz CT molecular complexity index is 850. The molecule has 8 heteroatoms. The van der Waals surface area contributed by atoms with Gasteiger partial charge in [0.05, 0.1) is 17.4 Å². The van der Waals surface area contributed by atoms with Crippen molar-refractivity contribution >= 4 is 17.7 Å². The highest BCUT2D eigenvalue weighted by Gasteiger charge is 2.59. The molecule has 2 bridgehead atoms. The summed E-state index contributed by atoms with van der Waals surface area (Å²) in [6, 6.07) is 4.74. The Morgan fingerprint density at radius 1 is 1.14 bits per heavy atom. The number of allylic oxidation sites excluding steroid dienone is 2. The molecule has 1 saturated heterocycles. The van der Waals surface area contributed by atoms with Gasteiger partial charge in [-0.25, -0.2) is 0 Å². The quantitative estimate of drug-likeness (QED) is 0.584. The second-order valence-corrected chi connectivity index (χ2v) is 7.71. The molecule has 2 fully saturated rings. The molecule has 28 heavy (non-hydrogen) atoms. The average molecular weight is 392 g/mol. The SMILES string of the molecule is CN(Cc1cccc(C(F)(F)F)c1)C(=O)CN1C(=O)[C@@H]2[C@@H](C1=O)[C@H]1C=C[C@H]2C1. The van der Waals surface area contributed by atoms with Crippen molar-refractivity contribution in [2.24, 2.45) is 23.7 Å². The number of imide groups is 1. The van der Waals surface area contributed by atoms with Crippen molar-refractivity contribution < 1.29 is 27.6 Å². The summed E-state index contributed by atoms with van der Waals surface area (Å²) in [7, 11) is 1.44. The average Bonchev–Trinajstić information content (AvgIpc) is 3.31. The third-order valence-electron chi connectivity index (χ3n) is 5.95. The molecule has 1 saturated carbocycles. The van der Waals surface area contributed by atoms with Crippen LogP contribution in [0.15, 0.2) is 36.4 Å². The van der Waals surface area contributed by atoms with Gasteiger partial charge in [-0.1, -0.05) is 24.3 Å². The lowest BCUT2D eigenvalue weighted by molar-refractivity contribution is -0.147. The van der Waals surface area contributed by atoms with E-state index < -0.39 is 17.6 Å². The summed E-state index contributed by atoms with van der Waals surface area (Å²) in [5.74, 6) is -1.73. The van der Waals surface area contributed by atoms with E-state index in [1.165, 1.54) is 24.1 Å². The van der Waals surface area contributed by atoms with E-state index in [9.17, 15) is 27.6 Å². The molecule has 4 atom stereocenters. The van der Waals surface area contributed by atoms with Crippen molar-refractivity contribution in [2.75, 3.05) is 13.6 Å². The second-order valence-electron chi connectivity index (χ2n) is 7.71. The number of hydrogen-bond donors (Lipinski definition) is 0. The highest BCUT2D eigenvalue weighted by atomic mass is 19.4. The van der Waals surface area contributed by atoms with E-state index in [0.717, 1.165) is 23.5 Å². The van der Waals surface area contributed by atoms with E-state index in [4.69, 9.17) is 0 Å². The number of hydrogen-bond acceptors (Lipinski definition) is 3. The lowest BCUT2D eigenvalue weighted by Crippen LogP contribution is -2.42. The zero-order chi connectivity index (χ0) is 20.2. The molecule has 0 spiro atoms. The molecule has 0 aromatic heterocycles. The summed E-state index contributed by atoms with van der Waals surface area (Å²) < 4.78 is 38.5. The number of fused-ring (bicyclic) bond motifs is 5. The monoisotopic (exact) mass is 392 g/mol. The molecule has 3 aliphatic rings. The maximum absolute atomic E-state index is 12.8. The molecular weight excluding hydrogens is 373 g/mol. The van der Waals surface area contributed by atoms with Gasteiger partial charge < -0.3 is 4.90 Å². The van der Waals surface area contributed by atoms with Crippen LogP contribution in [0.4, 0.5) is 13.2 Å². The summed E-state index contributed by atoms with van der Waals surface area (Å²) in [6.07, 6.45) is 0.298. The van der Waals surface area contributed by atoms with Gasteiger partial charge in [-0.15, -0.1) is 0 Å². The summed E-state index contributed by atoms with van der Waals surface area (Å²) in [4.78, 5) is 40.0. The van der Waals surface area contributed by atoms with Crippen LogP contribution in [0, 0.1) is 23.7 Å². The zero-order valence-corrected chi connectivity index (χ0v) is 15.1. The minimum atomic E-state index is -4.46. The van der Waals surface area contributed by atoms with E-state index in [1.54, 1.807) is 0 Å². The molecular formula is C20H19F3N2O3. The Hall–Kier alpha value is -2.64. The van der Waals surface area contributed by atoms with Crippen molar-refractivity contribution in [1.82, 2.24) is 9.80 Å². The summed E-state index contributed by atoms with van der Waals surface area (Å²) in [6.45, 7) is -0.418. The van der Waals surface area contributed by atoms with E-state index in [-0.39, 0.29) is 48.6 Å². The second kappa shape index (κ2) is 6.46. The third-order valence-corrected chi connectivity index (χ3v) is 5.95. The van der Waals surface area contributed by atoms with Gasteiger partial charge in [-0.3, -0.25) is 19.3 Å². The van der Waals surface area contributed by atoms with Crippen LogP contribution in [-0.2, 0) is 27.1 Å². The third kappa shape index (κ3) is 3.00. The molecule has 5 nitrogen and oxygen atoms in total. The lowest BCUT2D eigenvalue weighted by Gasteiger charge is -2.22. The fourth-order valence-electron chi connectivity index (χ4n) is 4.58. The topological polar surface area (TPSA) is 57.7 Å². The molecule has 0 radical (unpaired) electrons.